The lowest BCUT2D eigenvalue weighted by Crippen LogP contribution is -2.35. The molecule has 0 saturated carbocycles. The minimum absolute atomic E-state index is 0.175. The molecular formula is C20H21N3O3. The van der Waals surface area contributed by atoms with Gasteiger partial charge in [0.15, 0.2) is 6.10 Å². The molecule has 1 atom stereocenters. The van der Waals surface area contributed by atoms with Gasteiger partial charge in [-0.05, 0) is 36.8 Å². The highest BCUT2D eigenvalue weighted by atomic mass is 16.5. The summed E-state index contributed by atoms with van der Waals surface area (Å²) in [6.07, 6.45) is 4.76. The number of carbonyl (C=O) groups is 1. The Balaban J connectivity index is 1.52. The number of aromatic nitrogens is 2. The van der Waals surface area contributed by atoms with Crippen LogP contribution >= 0.6 is 0 Å². The molecule has 3 aromatic rings. The van der Waals surface area contributed by atoms with E-state index < -0.39 is 6.10 Å². The Morgan fingerprint density at radius 3 is 2.65 bits per heavy atom. The van der Waals surface area contributed by atoms with Gasteiger partial charge in [-0.2, -0.15) is 0 Å². The number of hydrogen-bond donors (Lipinski definition) is 1. The summed E-state index contributed by atoms with van der Waals surface area (Å²) in [4.78, 5) is 16.3. The number of rotatable bonds is 7. The molecule has 6 heteroatoms. The smallest absolute Gasteiger partial charge is 0.261 e. The molecule has 1 N–H and O–H groups in total. The summed E-state index contributed by atoms with van der Waals surface area (Å²) in [6.45, 7) is 2.16. The molecule has 6 nitrogen and oxygen atoms in total. The number of amides is 1. The third kappa shape index (κ3) is 4.42. The third-order valence-electron chi connectivity index (χ3n) is 3.93. The highest BCUT2D eigenvalue weighted by molar-refractivity contribution is 5.80. The molecule has 3 rings (SSSR count). The van der Waals surface area contributed by atoms with E-state index in [0.717, 1.165) is 11.3 Å². The summed E-state index contributed by atoms with van der Waals surface area (Å²) in [5.41, 5.74) is 2.03. The van der Waals surface area contributed by atoms with Gasteiger partial charge in [-0.1, -0.05) is 18.2 Å². The van der Waals surface area contributed by atoms with Gasteiger partial charge in [0, 0.05) is 30.7 Å². The van der Waals surface area contributed by atoms with Crippen molar-refractivity contribution in [3.63, 3.8) is 0 Å². The second-order valence-electron chi connectivity index (χ2n) is 5.79. The normalized spacial score (nSPS) is 11.6. The minimum atomic E-state index is -0.604. The summed E-state index contributed by atoms with van der Waals surface area (Å²) < 4.78 is 12.7. The van der Waals surface area contributed by atoms with E-state index in [4.69, 9.17) is 9.47 Å². The van der Waals surface area contributed by atoms with Crippen LogP contribution in [0.2, 0.25) is 0 Å². The molecular weight excluding hydrogens is 330 g/mol. The number of benzene rings is 2. The molecule has 0 spiro atoms. The van der Waals surface area contributed by atoms with Crippen LogP contribution in [0, 0.1) is 0 Å². The summed E-state index contributed by atoms with van der Waals surface area (Å²) >= 11 is 0. The highest BCUT2D eigenvalue weighted by Gasteiger charge is 2.14. The van der Waals surface area contributed by atoms with Crippen molar-refractivity contribution in [2.75, 3.05) is 7.11 Å². The number of ether oxygens (including phenoxy) is 2. The van der Waals surface area contributed by atoms with E-state index in [1.807, 2.05) is 47.2 Å². The Labute approximate surface area is 152 Å². The number of nitrogens with zero attached hydrogens (tertiary/aromatic N) is 2. The summed E-state index contributed by atoms with van der Waals surface area (Å²) in [7, 11) is 1.59. The van der Waals surface area contributed by atoms with Crippen LogP contribution in [0.3, 0.4) is 0 Å². The quantitative estimate of drug-likeness (QED) is 0.711. The van der Waals surface area contributed by atoms with Gasteiger partial charge in [0.25, 0.3) is 5.91 Å². The molecule has 1 heterocycles. The van der Waals surface area contributed by atoms with E-state index in [9.17, 15) is 4.79 Å². The lowest BCUT2D eigenvalue weighted by atomic mass is 10.2. The molecule has 2 aromatic carbocycles. The zero-order chi connectivity index (χ0) is 18.4. The number of hydrogen-bond acceptors (Lipinski definition) is 4. The predicted molar refractivity (Wildman–Crippen MR) is 98.5 cm³/mol. The van der Waals surface area contributed by atoms with E-state index in [2.05, 4.69) is 10.3 Å². The maximum Gasteiger partial charge on any atom is 0.261 e. The Bertz CT molecular complexity index is 845. The third-order valence-corrected chi connectivity index (χ3v) is 3.93. The number of carbonyl (C=O) groups excluding carboxylic acids is 1. The maximum atomic E-state index is 12.2. The first-order valence-corrected chi connectivity index (χ1v) is 8.31. The van der Waals surface area contributed by atoms with Crippen molar-refractivity contribution in [1.82, 2.24) is 14.9 Å². The molecule has 1 amide bonds. The summed E-state index contributed by atoms with van der Waals surface area (Å²) in [5.74, 6) is 1.11. The van der Waals surface area contributed by atoms with Crippen LogP contribution in [-0.2, 0) is 11.3 Å². The lowest BCUT2D eigenvalue weighted by molar-refractivity contribution is -0.127. The molecule has 0 radical (unpaired) electrons. The first-order chi connectivity index (χ1) is 12.7. The first kappa shape index (κ1) is 17.5. The molecule has 0 bridgehead atoms. The second-order valence-corrected chi connectivity index (χ2v) is 5.79. The Morgan fingerprint density at radius 1 is 1.19 bits per heavy atom. The standard InChI is InChI=1S/C20H21N3O3/c1-15(26-19-5-3-4-18(12-19)25-2)20(24)22-13-16-6-8-17(9-7-16)23-11-10-21-14-23/h3-12,14-15H,13H2,1-2H3,(H,22,24). The van der Waals surface area contributed by atoms with Crippen LogP contribution in [0.5, 0.6) is 11.5 Å². The van der Waals surface area contributed by atoms with Gasteiger partial charge in [-0.25, -0.2) is 4.98 Å². The molecule has 1 aromatic heterocycles. The fraction of sp³-hybridized carbons (Fsp3) is 0.200. The van der Waals surface area contributed by atoms with Crippen LogP contribution in [-0.4, -0.2) is 28.7 Å². The van der Waals surface area contributed by atoms with E-state index in [1.165, 1.54) is 0 Å². The molecule has 26 heavy (non-hydrogen) atoms. The van der Waals surface area contributed by atoms with Crippen molar-refractivity contribution in [2.24, 2.45) is 0 Å². The van der Waals surface area contributed by atoms with Crippen molar-refractivity contribution in [1.29, 1.82) is 0 Å². The van der Waals surface area contributed by atoms with Gasteiger partial charge in [0.1, 0.15) is 11.5 Å². The largest absolute Gasteiger partial charge is 0.497 e. The Kier molecular flexibility index (Phi) is 5.53. The molecule has 134 valence electrons. The second kappa shape index (κ2) is 8.20. The topological polar surface area (TPSA) is 65.4 Å². The van der Waals surface area contributed by atoms with Gasteiger partial charge in [-0.15, -0.1) is 0 Å². The molecule has 0 fully saturated rings. The zero-order valence-corrected chi connectivity index (χ0v) is 14.8. The summed E-state index contributed by atoms with van der Waals surface area (Å²) in [5, 5.41) is 2.89. The van der Waals surface area contributed by atoms with Crippen LogP contribution in [0.15, 0.2) is 67.3 Å². The minimum Gasteiger partial charge on any atom is -0.497 e. The predicted octanol–water partition coefficient (Wildman–Crippen LogP) is 2.96. The Hall–Kier alpha value is -3.28. The molecule has 0 aliphatic carbocycles. The van der Waals surface area contributed by atoms with E-state index >= 15 is 0 Å². The van der Waals surface area contributed by atoms with Crippen molar-refractivity contribution in [3.05, 3.63) is 72.8 Å². The lowest BCUT2D eigenvalue weighted by Gasteiger charge is -2.15. The van der Waals surface area contributed by atoms with Crippen LogP contribution < -0.4 is 14.8 Å². The molecule has 0 aliphatic heterocycles. The van der Waals surface area contributed by atoms with Crippen LogP contribution in [0.25, 0.3) is 5.69 Å². The highest BCUT2D eigenvalue weighted by Crippen LogP contribution is 2.20. The number of imidazole rings is 1. The van der Waals surface area contributed by atoms with E-state index in [-0.39, 0.29) is 5.91 Å². The first-order valence-electron chi connectivity index (χ1n) is 8.31. The monoisotopic (exact) mass is 351 g/mol. The molecule has 0 aliphatic rings. The van der Waals surface area contributed by atoms with E-state index in [1.54, 1.807) is 38.7 Å². The average Bonchev–Trinajstić information content (AvgIpc) is 3.21. The summed E-state index contributed by atoms with van der Waals surface area (Å²) in [6, 6.07) is 15.1. The molecule has 0 saturated heterocycles. The van der Waals surface area contributed by atoms with Crippen LogP contribution in [0.1, 0.15) is 12.5 Å². The van der Waals surface area contributed by atoms with Gasteiger partial charge < -0.3 is 19.4 Å². The van der Waals surface area contributed by atoms with Gasteiger partial charge in [0.2, 0.25) is 0 Å². The number of nitrogens with one attached hydrogen (secondary N) is 1. The fourth-order valence-electron chi connectivity index (χ4n) is 2.46. The van der Waals surface area contributed by atoms with Crippen LogP contribution in [0.4, 0.5) is 0 Å². The van der Waals surface area contributed by atoms with Gasteiger partial charge >= 0.3 is 0 Å². The molecule has 1 unspecified atom stereocenters. The van der Waals surface area contributed by atoms with E-state index in [0.29, 0.717) is 18.0 Å². The van der Waals surface area contributed by atoms with Crippen molar-refractivity contribution >= 4 is 5.91 Å². The average molecular weight is 351 g/mol. The van der Waals surface area contributed by atoms with Gasteiger partial charge in [-0.3, -0.25) is 4.79 Å². The SMILES string of the molecule is COc1cccc(OC(C)C(=O)NCc2ccc(-n3ccnc3)cc2)c1. The Morgan fingerprint density at radius 2 is 1.96 bits per heavy atom. The van der Waals surface area contributed by atoms with Crippen molar-refractivity contribution < 1.29 is 14.3 Å². The fourth-order valence-corrected chi connectivity index (χ4v) is 2.46. The number of methoxy groups -OCH3 is 1. The van der Waals surface area contributed by atoms with Gasteiger partial charge in [0.05, 0.1) is 13.4 Å². The van der Waals surface area contributed by atoms with Crippen molar-refractivity contribution in [3.8, 4) is 17.2 Å². The van der Waals surface area contributed by atoms with Crippen molar-refractivity contribution in [2.45, 2.75) is 19.6 Å². The maximum absolute atomic E-state index is 12.2. The zero-order valence-electron chi connectivity index (χ0n) is 14.8.